The van der Waals surface area contributed by atoms with E-state index in [9.17, 15) is 0 Å². The molecule has 0 saturated heterocycles. The van der Waals surface area contributed by atoms with Crippen LogP contribution in [-0.2, 0) is 0 Å². The summed E-state index contributed by atoms with van der Waals surface area (Å²) in [5.41, 5.74) is 3.86. The van der Waals surface area contributed by atoms with Crippen LogP contribution in [-0.4, -0.2) is 19.9 Å². The zero-order valence-electron chi connectivity index (χ0n) is 11.7. The van der Waals surface area contributed by atoms with Crippen LogP contribution < -0.4 is 5.32 Å². The van der Waals surface area contributed by atoms with Gasteiger partial charge >= 0.3 is 0 Å². The average Bonchev–Trinajstić information content (AvgIpc) is 3.04. The average molecular weight is 287 g/mol. The molecule has 0 atom stereocenters. The number of hydrogen-bond acceptors (Lipinski definition) is 4. The largest absolute Gasteiger partial charge is 0.361 e. The van der Waals surface area contributed by atoms with E-state index in [1.807, 2.05) is 30.5 Å². The lowest BCUT2D eigenvalue weighted by atomic mass is 10.2. The van der Waals surface area contributed by atoms with Crippen molar-refractivity contribution < 1.29 is 0 Å². The van der Waals surface area contributed by atoms with E-state index in [0.29, 0.717) is 5.82 Å². The first-order valence-corrected chi connectivity index (χ1v) is 6.95. The van der Waals surface area contributed by atoms with E-state index in [0.717, 1.165) is 22.5 Å². The van der Waals surface area contributed by atoms with Gasteiger partial charge in [-0.05, 0) is 35.7 Å². The summed E-state index contributed by atoms with van der Waals surface area (Å²) in [6.07, 6.45) is 8.88. The summed E-state index contributed by atoms with van der Waals surface area (Å²) in [5.74, 6) is 0.709. The van der Waals surface area contributed by atoms with E-state index >= 15 is 0 Å². The van der Waals surface area contributed by atoms with Crippen molar-refractivity contribution in [2.45, 2.75) is 0 Å². The number of anilines is 2. The second-order valence-corrected chi connectivity index (χ2v) is 4.93. The fraction of sp³-hybridized carbons (Fsp3) is 0. The van der Waals surface area contributed by atoms with E-state index in [2.05, 4.69) is 37.4 Å². The summed E-state index contributed by atoms with van der Waals surface area (Å²) in [4.78, 5) is 16.1. The number of aromatic amines is 1. The highest BCUT2D eigenvalue weighted by Crippen LogP contribution is 2.22. The van der Waals surface area contributed by atoms with Crippen LogP contribution in [0.25, 0.3) is 22.2 Å². The number of pyridine rings is 1. The molecule has 0 saturated carbocycles. The zero-order chi connectivity index (χ0) is 14.8. The smallest absolute Gasteiger partial charge is 0.149 e. The van der Waals surface area contributed by atoms with Gasteiger partial charge in [0.05, 0.1) is 18.1 Å². The Balaban J connectivity index is 1.65. The molecule has 0 spiro atoms. The minimum absolute atomic E-state index is 0.709. The summed E-state index contributed by atoms with van der Waals surface area (Å²) in [6.45, 7) is 0. The van der Waals surface area contributed by atoms with Gasteiger partial charge in [-0.15, -0.1) is 0 Å². The number of fused-ring (bicyclic) bond motifs is 1. The summed E-state index contributed by atoms with van der Waals surface area (Å²) in [5, 5.41) is 4.47. The molecule has 1 aromatic carbocycles. The molecule has 4 rings (SSSR count). The lowest BCUT2D eigenvalue weighted by molar-refractivity contribution is 1.20. The van der Waals surface area contributed by atoms with E-state index in [-0.39, 0.29) is 0 Å². The third-order valence-electron chi connectivity index (χ3n) is 3.44. The standard InChI is InChI=1S/C17H13N5/c1-2-14(9-15-12(1)5-8-20-15)21-17-11-19-10-16(22-17)13-3-6-18-7-4-13/h1-11,20H,(H,21,22). The molecule has 0 fully saturated rings. The van der Waals surface area contributed by atoms with Crippen molar-refractivity contribution in [1.29, 1.82) is 0 Å². The fourth-order valence-electron chi connectivity index (χ4n) is 2.36. The van der Waals surface area contributed by atoms with Gasteiger partial charge in [0.2, 0.25) is 0 Å². The molecule has 5 heteroatoms. The number of H-pyrrole nitrogens is 1. The van der Waals surface area contributed by atoms with E-state index in [1.54, 1.807) is 24.8 Å². The Kier molecular flexibility index (Phi) is 3.01. The molecule has 0 radical (unpaired) electrons. The van der Waals surface area contributed by atoms with Gasteiger partial charge in [0.1, 0.15) is 5.82 Å². The Hall–Kier alpha value is -3.21. The molecule has 4 aromatic rings. The van der Waals surface area contributed by atoms with Gasteiger partial charge < -0.3 is 10.3 Å². The Bertz CT molecular complexity index is 914. The van der Waals surface area contributed by atoms with Gasteiger partial charge in [-0.3, -0.25) is 9.97 Å². The molecule has 0 unspecified atom stereocenters. The monoisotopic (exact) mass is 287 g/mol. The maximum absolute atomic E-state index is 4.59. The van der Waals surface area contributed by atoms with Crippen LogP contribution in [0.5, 0.6) is 0 Å². The Morgan fingerprint density at radius 1 is 0.909 bits per heavy atom. The van der Waals surface area contributed by atoms with Crippen molar-refractivity contribution in [1.82, 2.24) is 19.9 Å². The van der Waals surface area contributed by atoms with Gasteiger partial charge in [-0.2, -0.15) is 0 Å². The van der Waals surface area contributed by atoms with Crippen molar-refractivity contribution in [3.8, 4) is 11.3 Å². The topological polar surface area (TPSA) is 66.5 Å². The quantitative estimate of drug-likeness (QED) is 0.602. The summed E-state index contributed by atoms with van der Waals surface area (Å²) >= 11 is 0. The summed E-state index contributed by atoms with van der Waals surface area (Å²) in [6, 6.07) is 12.0. The van der Waals surface area contributed by atoms with E-state index < -0.39 is 0 Å². The minimum Gasteiger partial charge on any atom is -0.361 e. The molecular formula is C17H13N5. The van der Waals surface area contributed by atoms with Gasteiger partial charge in [-0.25, -0.2) is 4.98 Å². The molecule has 22 heavy (non-hydrogen) atoms. The van der Waals surface area contributed by atoms with Crippen molar-refractivity contribution in [3.63, 3.8) is 0 Å². The Morgan fingerprint density at radius 2 is 1.82 bits per heavy atom. The number of aromatic nitrogens is 4. The highest BCUT2D eigenvalue weighted by Gasteiger charge is 2.03. The summed E-state index contributed by atoms with van der Waals surface area (Å²) < 4.78 is 0. The molecular weight excluding hydrogens is 274 g/mol. The molecule has 5 nitrogen and oxygen atoms in total. The number of hydrogen-bond donors (Lipinski definition) is 2. The highest BCUT2D eigenvalue weighted by molar-refractivity contribution is 5.83. The highest BCUT2D eigenvalue weighted by atomic mass is 15.0. The van der Waals surface area contributed by atoms with Crippen LogP contribution in [0, 0.1) is 0 Å². The Morgan fingerprint density at radius 3 is 2.73 bits per heavy atom. The van der Waals surface area contributed by atoms with E-state index in [1.165, 1.54) is 5.39 Å². The summed E-state index contributed by atoms with van der Waals surface area (Å²) in [7, 11) is 0. The van der Waals surface area contributed by atoms with Crippen LogP contribution >= 0.6 is 0 Å². The van der Waals surface area contributed by atoms with Crippen LogP contribution in [0.2, 0.25) is 0 Å². The van der Waals surface area contributed by atoms with Gasteiger partial charge in [0.25, 0.3) is 0 Å². The molecule has 3 heterocycles. The first-order valence-electron chi connectivity index (χ1n) is 6.95. The lowest BCUT2D eigenvalue weighted by Gasteiger charge is -2.07. The Labute approximate surface area is 127 Å². The molecule has 0 aliphatic rings. The predicted octanol–water partition coefficient (Wildman–Crippen LogP) is 3.76. The van der Waals surface area contributed by atoms with Gasteiger partial charge in [-0.1, -0.05) is 6.07 Å². The second-order valence-electron chi connectivity index (χ2n) is 4.93. The van der Waals surface area contributed by atoms with Gasteiger partial charge in [0.15, 0.2) is 0 Å². The predicted molar refractivity (Wildman–Crippen MR) is 86.8 cm³/mol. The first kappa shape index (κ1) is 12.5. The minimum atomic E-state index is 0.709. The van der Waals surface area contributed by atoms with Crippen LogP contribution in [0.4, 0.5) is 11.5 Å². The second kappa shape index (κ2) is 5.29. The normalized spacial score (nSPS) is 10.7. The maximum atomic E-state index is 4.59. The SMILES string of the molecule is c1cc(-c2cncc(Nc3ccc4cc[nH]c4c3)n2)ccn1. The van der Waals surface area contributed by atoms with Crippen LogP contribution in [0.15, 0.2) is 67.4 Å². The number of rotatable bonds is 3. The molecule has 2 N–H and O–H groups in total. The van der Waals surface area contributed by atoms with Crippen LogP contribution in [0.1, 0.15) is 0 Å². The third kappa shape index (κ3) is 2.40. The number of nitrogens with zero attached hydrogens (tertiary/aromatic N) is 3. The van der Waals surface area contributed by atoms with Gasteiger partial charge in [0, 0.05) is 35.4 Å². The zero-order valence-corrected chi connectivity index (χ0v) is 11.7. The molecule has 0 aliphatic carbocycles. The van der Waals surface area contributed by atoms with Crippen molar-refractivity contribution in [2.24, 2.45) is 0 Å². The van der Waals surface area contributed by atoms with Crippen molar-refractivity contribution in [3.05, 3.63) is 67.4 Å². The van der Waals surface area contributed by atoms with Crippen LogP contribution in [0.3, 0.4) is 0 Å². The number of benzene rings is 1. The molecule has 0 aliphatic heterocycles. The molecule has 106 valence electrons. The lowest BCUT2D eigenvalue weighted by Crippen LogP contribution is -1.96. The number of nitrogens with one attached hydrogen (secondary N) is 2. The molecule has 0 bridgehead atoms. The maximum Gasteiger partial charge on any atom is 0.149 e. The third-order valence-corrected chi connectivity index (χ3v) is 3.44. The first-order chi connectivity index (χ1) is 10.9. The molecule has 3 aromatic heterocycles. The van der Waals surface area contributed by atoms with Crippen molar-refractivity contribution >= 4 is 22.4 Å². The van der Waals surface area contributed by atoms with Crippen molar-refractivity contribution in [2.75, 3.05) is 5.32 Å². The van der Waals surface area contributed by atoms with E-state index in [4.69, 9.17) is 0 Å². The fourth-order valence-corrected chi connectivity index (χ4v) is 2.36. The molecule has 0 amide bonds.